The van der Waals surface area contributed by atoms with E-state index in [1.165, 1.54) is 6.21 Å². The fourth-order valence-corrected chi connectivity index (χ4v) is 3.52. The average molecular weight is 503 g/mol. The fourth-order valence-electron chi connectivity index (χ4n) is 3.52. The van der Waals surface area contributed by atoms with Gasteiger partial charge in [0.2, 0.25) is 6.79 Å². The standard InChI is InChI=1S/C27H26N4O6/c1-17-4-3-5-18(2)25(17)30-24(32)15-35-21-9-6-19(7-10-21)14-29-31-27(34)26(33)28-13-20-8-11-22-23(12-20)37-16-36-22/h3-12,14H,13,15-16H2,1-2H3,(H,28,33)(H,30,32)(H,31,34)/b29-14-. The number of para-hydroxylation sites is 1. The average Bonchev–Trinajstić information content (AvgIpc) is 3.37. The van der Waals surface area contributed by atoms with Crippen LogP contribution in [0.25, 0.3) is 0 Å². The molecule has 3 amide bonds. The molecule has 0 aliphatic carbocycles. The molecule has 1 aliphatic rings. The van der Waals surface area contributed by atoms with Crippen LogP contribution in [-0.2, 0) is 20.9 Å². The summed E-state index contributed by atoms with van der Waals surface area (Å²) in [5.41, 5.74) is 6.35. The number of anilines is 1. The highest BCUT2D eigenvalue weighted by Gasteiger charge is 2.15. The smallest absolute Gasteiger partial charge is 0.329 e. The zero-order valence-corrected chi connectivity index (χ0v) is 20.4. The minimum absolute atomic E-state index is 0.140. The quantitative estimate of drug-likeness (QED) is 0.247. The highest BCUT2D eigenvalue weighted by Crippen LogP contribution is 2.32. The number of hydrogen-bond acceptors (Lipinski definition) is 7. The number of hydrazone groups is 1. The van der Waals surface area contributed by atoms with Crippen molar-refractivity contribution in [3.63, 3.8) is 0 Å². The summed E-state index contributed by atoms with van der Waals surface area (Å²) in [7, 11) is 0. The van der Waals surface area contributed by atoms with Gasteiger partial charge in [-0.25, -0.2) is 5.43 Å². The van der Waals surface area contributed by atoms with Crippen LogP contribution in [0.5, 0.6) is 17.2 Å². The molecule has 0 unspecified atom stereocenters. The van der Waals surface area contributed by atoms with Gasteiger partial charge in [0, 0.05) is 12.2 Å². The monoisotopic (exact) mass is 502 g/mol. The highest BCUT2D eigenvalue weighted by atomic mass is 16.7. The van der Waals surface area contributed by atoms with Gasteiger partial charge in [-0.3, -0.25) is 14.4 Å². The Kier molecular flexibility index (Phi) is 7.99. The van der Waals surface area contributed by atoms with Crippen molar-refractivity contribution in [1.29, 1.82) is 0 Å². The maximum atomic E-state index is 12.2. The number of hydrogen-bond donors (Lipinski definition) is 3. The molecule has 0 aromatic heterocycles. The van der Waals surface area contributed by atoms with Gasteiger partial charge in [0.25, 0.3) is 5.91 Å². The molecule has 0 fully saturated rings. The Morgan fingerprint density at radius 3 is 2.43 bits per heavy atom. The van der Waals surface area contributed by atoms with Crippen molar-refractivity contribution < 1.29 is 28.6 Å². The van der Waals surface area contributed by atoms with Gasteiger partial charge in [-0.2, -0.15) is 5.10 Å². The van der Waals surface area contributed by atoms with Crippen LogP contribution in [0.2, 0.25) is 0 Å². The highest BCUT2D eigenvalue weighted by molar-refractivity contribution is 6.35. The fraction of sp³-hybridized carbons (Fsp3) is 0.185. The second-order valence-electron chi connectivity index (χ2n) is 8.24. The summed E-state index contributed by atoms with van der Waals surface area (Å²) in [4.78, 5) is 36.2. The Morgan fingerprint density at radius 1 is 0.946 bits per heavy atom. The molecule has 10 heteroatoms. The first-order valence-electron chi connectivity index (χ1n) is 11.5. The minimum atomic E-state index is -0.896. The van der Waals surface area contributed by atoms with E-state index in [0.717, 1.165) is 22.4 Å². The number of rotatable bonds is 8. The number of nitrogens with one attached hydrogen (secondary N) is 3. The van der Waals surface area contributed by atoms with E-state index in [2.05, 4.69) is 21.2 Å². The summed E-state index contributed by atoms with van der Waals surface area (Å²) in [6.07, 6.45) is 1.39. The number of ether oxygens (including phenoxy) is 3. The molecule has 0 saturated carbocycles. The summed E-state index contributed by atoms with van der Waals surface area (Å²) in [6.45, 7) is 4.03. The van der Waals surface area contributed by atoms with Crippen molar-refractivity contribution in [1.82, 2.24) is 10.7 Å². The number of benzene rings is 3. The van der Waals surface area contributed by atoms with Crippen molar-refractivity contribution in [3.8, 4) is 17.2 Å². The van der Waals surface area contributed by atoms with Crippen LogP contribution in [0.3, 0.4) is 0 Å². The van der Waals surface area contributed by atoms with Crippen molar-refractivity contribution in [2.45, 2.75) is 20.4 Å². The van der Waals surface area contributed by atoms with Crippen LogP contribution >= 0.6 is 0 Å². The normalized spacial score (nSPS) is 11.7. The Balaban J connectivity index is 1.19. The van der Waals surface area contributed by atoms with E-state index in [9.17, 15) is 14.4 Å². The van der Waals surface area contributed by atoms with E-state index in [-0.39, 0.29) is 25.9 Å². The van der Waals surface area contributed by atoms with Gasteiger partial charge >= 0.3 is 11.8 Å². The van der Waals surface area contributed by atoms with E-state index in [1.54, 1.807) is 42.5 Å². The zero-order chi connectivity index (χ0) is 26.2. The lowest BCUT2D eigenvalue weighted by atomic mass is 10.1. The topological polar surface area (TPSA) is 127 Å². The number of carbonyl (C=O) groups is 3. The Morgan fingerprint density at radius 2 is 1.68 bits per heavy atom. The number of aryl methyl sites for hydroxylation is 2. The molecule has 1 aliphatic heterocycles. The third kappa shape index (κ3) is 6.85. The molecule has 4 rings (SSSR count). The Labute approximate surface area is 213 Å². The summed E-state index contributed by atoms with van der Waals surface area (Å²) in [5.74, 6) is -0.244. The van der Waals surface area contributed by atoms with Crippen molar-refractivity contribution >= 4 is 29.6 Å². The second kappa shape index (κ2) is 11.7. The third-order valence-corrected chi connectivity index (χ3v) is 5.47. The second-order valence-corrected chi connectivity index (χ2v) is 8.24. The van der Waals surface area contributed by atoms with Gasteiger partial charge in [0.15, 0.2) is 18.1 Å². The summed E-state index contributed by atoms with van der Waals surface area (Å²) < 4.78 is 16.1. The molecule has 10 nitrogen and oxygen atoms in total. The van der Waals surface area contributed by atoms with Crippen LogP contribution in [-0.4, -0.2) is 37.3 Å². The van der Waals surface area contributed by atoms with Crippen molar-refractivity contribution in [2.75, 3.05) is 18.7 Å². The molecule has 190 valence electrons. The van der Waals surface area contributed by atoms with Gasteiger partial charge in [-0.1, -0.05) is 24.3 Å². The largest absolute Gasteiger partial charge is 0.484 e. The molecule has 0 radical (unpaired) electrons. The molecule has 0 atom stereocenters. The third-order valence-electron chi connectivity index (χ3n) is 5.47. The molecule has 0 saturated heterocycles. The summed E-state index contributed by atoms with van der Waals surface area (Å²) in [6, 6.07) is 17.8. The molecule has 0 bridgehead atoms. The molecule has 3 aromatic carbocycles. The zero-order valence-electron chi connectivity index (χ0n) is 20.4. The van der Waals surface area contributed by atoms with E-state index in [1.807, 2.05) is 32.0 Å². The molecule has 1 heterocycles. The van der Waals surface area contributed by atoms with E-state index < -0.39 is 11.8 Å². The molecule has 37 heavy (non-hydrogen) atoms. The lowest BCUT2D eigenvalue weighted by Crippen LogP contribution is -2.37. The molecule has 0 spiro atoms. The van der Waals surface area contributed by atoms with Gasteiger partial charge in [0.1, 0.15) is 5.75 Å². The van der Waals surface area contributed by atoms with Gasteiger partial charge in [-0.05, 0) is 72.5 Å². The lowest BCUT2D eigenvalue weighted by Gasteiger charge is -2.12. The van der Waals surface area contributed by atoms with Gasteiger partial charge in [-0.15, -0.1) is 0 Å². The maximum Gasteiger partial charge on any atom is 0.329 e. The number of fused-ring (bicyclic) bond motifs is 1. The molecule has 3 aromatic rings. The van der Waals surface area contributed by atoms with Crippen molar-refractivity contribution in [2.24, 2.45) is 5.10 Å². The van der Waals surface area contributed by atoms with Crippen LogP contribution in [0, 0.1) is 13.8 Å². The molecule has 3 N–H and O–H groups in total. The van der Waals surface area contributed by atoms with Gasteiger partial charge < -0.3 is 24.8 Å². The lowest BCUT2D eigenvalue weighted by molar-refractivity contribution is -0.139. The number of carbonyl (C=O) groups excluding carboxylic acids is 3. The Bertz CT molecular complexity index is 1320. The first-order valence-corrected chi connectivity index (χ1v) is 11.5. The van der Waals surface area contributed by atoms with Crippen LogP contribution < -0.4 is 30.3 Å². The first-order chi connectivity index (χ1) is 17.9. The predicted molar refractivity (Wildman–Crippen MR) is 137 cm³/mol. The van der Waals surface area contributed by atoms with E-state index >= 15 is 0 Å². The predicted octanol–water partition coefficient (Wildman–Crippen LogP) is 2.82. The number of nitrogens with zero attached hydrogens (tertiary/aromatic N) is 1. The van der Waals surface area contributed by atoms with Crippen molar-refractivity contribution in [3.05, 3.63) is 82.9 Å². The molecular formula is C27H26N4O6. The maximum absolute atomic E-state index is 12.2. The van der Waals surface area contributed by atoms with Crippen LogP contribution in [0.4, 0.5) is 5.69 Å². The molecular weight excluding hydrogens is 476 g/mol. The minimum Gasteiger partial charge on any atom is -0.484 e. The van der Waals surface area contributed by atoms with Crippen LogP contribution in [0.1, 0.15) is 22.3 Å². The summed E-state index contributed by atoms with van der Waals surface area (Å²) in [5, 5.41) is 9.19. The van der Waals surface area contributed by atoms with Gasteiger partial charge in [0.05, 0.1) is 6.21 Å². The van der Waals surface area contributed by atoms with E-state index in [4.69, 9.17) is 14.2 Å². The number of amides is 3. The first kappa shape index (κ1) is 25.2. The SMILES string of the molecule is Cc1cccc(C)c1NC(=O)COc1ccc(/C=N\NC(=O)C(=O)NCc2ccc3c(c2)OCO3)cc1. The summed E-state index contributed by atoms with van der Waals surface area (Å²) >= 11 is 0. The van der Waals surface area contributed by atoms with E-state index in [0.29, 0.717) is 22.8 Å². The van der Waals surface area contributed by atoms with Crippen LogP contribution in [0.15, 0.2) is 65.8 Å². The Hall–Kier alpha value is -4.86.